The maximum Gasteiger partial charge on any atom is 0.228 e. The molecule has 0 fully saturated rings. The smallest absolute Gasteiger partial charge is 0.228 e. The second-order valence-corrected chi connectivity index (χ2v) is 7.32. The molecule has 33 heavy (non-hydrogen) atoms. The van der Waals surface area contributed by atoms with Gasteiger partial charge in [0, 0.05) is 36.6 Å². The number of hydrogen-bond donors (Lipinski definition) is 1. The average molecular weight is 440 g/mol. The van der Waals surface area contributed by atoms with Crippen molar-refractivity contribution in [1.29, 1.82) is 0 Å². The third kappa shape index (κ3) is 4.13. The van der Waals surface area contributed by atoms with E-state index in [4.69, 9.17) is 4.74 Å². The highest BCUT2D eigenvalue weighted by molar-refractivity contribution is 5.97. The maximum absolute atomic E-state index is 12.7. The molecular formula is C23H20N8O2. The largest absolute Gasteiger partial charge is 0.497 e. The fourth-order valence-corrected chi connectivity index (χ4v) is 3.43. The van der Waals surface area contributed by atoms with Gasteiger partial charge in [-0.25, -0.2) is 9.97 Å². The minimum Gasteiger partial charge on any atom is -0.497 e. The molecule has 0 aliphatic carbocycles. The lowest BCUT2D eigenvalue weighted by Gasteiger charge is -2.07. The van der Waals surface area contributed by atoms with Gasteiger partial charge in [0.1, 0.15) is 17.4 Å². The molecule has 10 nitrogen and oxygen atoms in total. The number of methoxy groups -OCH3 is 1. The first-order valence-electron chi connectivity index (χ1n) is 10.2. The van der Waals surface area contributed by atoms with Gasteiger partial charge in [0.25, 0.3) is 0 Å². The Kier molecular flexibility index (Phi) is 5.23. The second kappa shape index (κ2) is 8.50. The van der Waals surface area contributed by atoms with Crippen molar-refractivity contribution in [3.8, 4) is 17.0 Å². The molecule has 10 heteroatoms. The summed E-state index contributed by atoms with van der Waals surface area (Å²) in [5, 5.41) is 15.7. The molecule has 0 amide bonds. The lowest BCUT2D eigenvalue weighted by Crippen LogP contribution is -2.07. The van der Waals surface area contributed by atoms with Gasteiger partial charge in [-0.3, -0.25) is 13.9 Å². The van der Waals surface area contributed by atoms with Gasteiger partial charge in [-0.05, 0) is 42.5 Å². The Morgan fingerprint density at radius 1 is 1.06 bits per heavy atom. The molecule has 1 N–H and O–H groups in total. The fraction of sp³-hybridized carbons (Fsp3) is 0.130. The Bertz CT molecular complexity index is 1440. The molecule has 0 spiro atoms. The molecule has 0 radical (unpaired) electrons. The number of carbonyl (C=O) groups is 1. The van der Waals surface area contributed by atoms with Crippen LogP contribution in [0, 0.1) is 0 Å². The molecule has 0 unspecified atom stereocenters. The van der Waals surface area contributed by atoms with Crippen LogP contribution < -0.4 is 10.1 Å². The number of hydrogen-bond acceptors (Lipinski definition) is 8. The number of nitrogens with zero attached hydrogens (tertiary/aromatic N) is 7. The van der Waals surface area contributed by atoms with Crippen molar-refractivity contribution in [1.82, 2.24) is 34.3 Å². The quantitative estimate of drug-likeness (QED) is 0.384. The van der Waals surface area contributed by atoms with Crippen molar-refractivity contribution in [2.24, 2.45) is 7.05 Å². The summed E-state index contributed by atoms with van der Waals surface area (Å²) in [5.74, 6) is 2.47. The molecular weight excluding hydrogens is 420 g/mol. The number of ether oxygens (including phenoxy) is 1. The summed E-state index contributed by atoms with van der Waals surface area (Å²) in [6, 6.07) is 14.5. The van der Waals surface area contributed by atoms with Crippen molar-refractivity contribution in [3.63, 3.8) is 0 Å². The van der Waals surface area contributed by atoms with Crippen LogP contribution in [0.5, 0.6) is 5.75 Å². The zero-order chi connectivity index (χ0) is 22.8. The monoisotopic (exact) mass is 440 g/mol. The number of benzene rings is 1. The van der Waals surface area contributed by atoms with Crippen molar-refractivity contribution in [2.75, 3.05) is 12.4 Å². The van der Waals surface area contributed by atoms with Crippen LogP contribution in [0.3, 0.4) is 0 Å². The van der Waals surface area contributed by atoms with E-state index >= 15 is 0 Å². The molecule has 0 bridgehead atoms. The van der Waals surface area contributed by atoms with Gasteiger partial charge in [0.15, 0.2) is 11.4 Å². The number of carbonyl (C=O) groups excluding carboxylic acids is 1. The zero-order valence-electron chi connectivity index (χ0n) is 18.0. The SMILES string of the molecule is COc1ccc(C(=O)Cc2nnc3cc(-c4ccnc(Nc5ccnn5C)n4)ccn23)cc1. The number of nitrogens with one attached hydrogen (secondary N) is 1. The second-order valence-electron chi connectivity index (χ2n) is 7.32. The van der Waals surface area contributed by atoms with E-state index in [1.807, 2.05) is 37.5 Å². The summed E-state index contributed by atoms with van der Waals surface area (Å²) >= 11 is 0. The molecule has 4 aromatic heterocycles. The first-order valence-corrected chi connectivity index (χ1v) is 10.2. The average Bonchev–Trinajstić information content (AvgIpc) is 3.44. The Hall–Kier alpha value is -4.60. The molecule has 164 valence electrons. The zero-order valence-corrected chi connectivity index (χ0v) is 18.0. The number of rotatable bonds is 7. The number of fused-ring (bicyclic) bond motifs is 1. The Labute approximate surface area is 188 Å². The van der Waals surface area contributed by atoms with E-state index in [1.165, 1.54) is 0 Å². The topological polar surface area (TPSA) is 112 Å². The molecule has 0 saturated carbocycles. The van der Waals surface area contributed by atoms with Gasteiger partial charge in [0.2, 0.25) is 5.95 Å². The van der Waals surface area contributed by atoms with Gasteiger partial charge in [0.05, 0.1) is 25.4 Å². The number of aryl methyl sites for hydroxylation is 1. The van der Waals surface area contributed by atoms with Crippen LogP contribution in [0.2, 0.25) is 0 Å². The molecule has 0 saturated heterocycles. The van der Waals surface area contributed by atoms with Gasteiger partial charge in [-0.1, -0.05) is 0 Å². The van der Waals surface area contributed by atoms with E-state index in [1.54, 1.807) is 52.9 Å². The minimum atomic E-state index is -0.0438. The normalized spacial score (nSPS) is 11.0. The highest BCUT2D eigenvalue weighted by Crippen LogP contribution is 2.21. The van der Waals surface area contributed by atoms with Crippen LogP contribution in [-0.2, 0) is 13.5 Å². The number of Topliss-reactive ketones (excluding diaryl/α,β-unsaturated/α-hetero) is 1. The van der Waals surface area contributed by atoms with Gasteiger partial charge >= 0.3 is 0 Å². The Morgan fingerprint density at radius 2 is 1.91 bits per heavy atom. The molecule has 5 aromatic rings. The number of pyridine rings is 1. The summed E-state index contributed by atoms with van der Waals surface area (Å²) in [7, 11) is 3.43. The van der Waals surface area contributed by atoms with E-state index in [0.717, 1.165) is 17.1 Å². The summed E-state index contributed by atoms with van der Waals surface area (Å²) in [4.78, 5) is 21.6. The van der Waals surface area contributed by atoms with Crippen LogP contribution in [0.15, 0.2) is 67.1 Å². The van der Waals surface area contributed by atoms with Crippen molar-refractivity contribution in [2.45, 2.75) is 6.42 Å². The highest BCUT2D eigenvalue weighted by atomic mass is 16.5. The molecule has 1 aromatic carbocycles. The summed E-state index contributed by atoms with van der Waals surface area (Å²) in [6.45, 7) is 0. The van der Waals surface area contributed by atoms with E-state index < -0.39 is 0 Å². The number of aromatic nitrogens is 7. The van der Waals surface area contributed by atoms with Gasteiger partial charge in [-0.15, -0.1) is 10.2 Å². The van der Waals surface area contributed by atoms with Crippen LogP contribution in [0.1, 0.15) is 16.2 Å². The summed E-state index contributed by atoms with van der Waals surface area (Å²) < 4.78 is 8.65. The third-order valence-corrected chi connectivity index (χ3v) is 5.22. The lowest BCUT2D eigenvalue weighted by atomic mass is 10.1. The van der Waals surface area contributed by atoms with Crippen LogP contribution >= 0.6 is 0 Å². The fourth-order valence-electron chi connectivity index (χ4n) is 3.43. The van der Waals surface area contributed by atoms with Gasteiger partial charge < -0.3 is 10.1 Å². The Balaban J connectivity index is 1.37. The van der Waals surface area contributed by atoms with E-state index in [-0.39, 0.29) is 12.2 Å². The molecule has 0 aliphatic heterocycles. The third-order valence-electron chi connectivity index (χ3n) is 5.22. The van der Waals surface area contributed by atoms with Crippen molar-refractivity contribution < 1.29 is 9.53 Å². The minimum absolute atomic E-state index is 0.0438. The van der Waals surface area contributed by atoms with E-state index in [0.29, 0.717) is 28.7 Å². The number of ketones is 1. The number of anilines is 2. The molecule has 0 aliphatic rings. The maximum atomic E-state index is 12.7. The van der Waals surface area contributed by atoms with Crippen LogP contribution in [0.25, 0.3) is 16.9 Å². The predicted octanol–water partition coefficient (Wildman–Crippen LogP) is 3.10. The first-order chi connectivity index (χ1) is 16.1. The molecule has 4 heterocycles. The Morgan fingerprint density at radius 3 is 2.67 bits per heavy atom. The van der Waals surface area contributed by atoms with E-state index in [9.17, 15) is 4.79 Å². The predicted molar refractivity (Wildman–Crippen MR) is 122 cm³/mol. The van der Waals surface area contributed by atoms with E-state index in [2.05, 4.69) is 30.6 Å². The standard InChI is InChI=1S/C23H20N8O2/c1-30-20(8-11-25-30)27-23-24-10-7-18(26-23)16-9-12-31-21(13-16)28-29-22(31)14-19(32)15-3-5-17(33-2)6-4-15/h3-13H,14H2,1-2H3,(H,24,26,27). The van der Waals surface area contributed by atoms with Crippen LogP contribution in [0.4, 0.5) is 11.8 Å². The first kappa shape index (κ1) is 20.3. The molecule has 0 atom stereocenters. The van der Waals surface area contributed by atoms with Crippen molar-refractivity contribution in [3.05, 3.63) is 78.5 Å². The summed E-state index contributed by atoms with van der Waals surface area (Å²) in [5.41, 5.74) is 2.82. The highest BCUT2D eigenvalue weighted by Gasteiger charge is 2.14. The summed E-state index contributed by atoms with van der Waals surface area (Å²) in [6.07, 6.45) is 5.37. The van der Waals surface area contributed by atoms with Crippen LogP contribution in [-0.4, -0.2) is 47.2 Å². The van der Waals surface area contributed by atoms with Gasteiger partial charge in [-0.2, -0.15) is 5.10 Å². The lowest BCUT2D eigenvalue weighted by molar-refractivity contribution is 0.0990. The van der Waals surface area contributed by atoms with Crippen molar-refractivity contribution >= 4 is 23.2 Å². The molecule has 5 rings (SSSR count).